The van der Waals surface area contributed by atoms with E-state index in [1.165, 1.54) is 18.2 Å². The van der Waals surface area contributed by atoms with Gasteiger partial charge in [-0.2, -0.15) is 0 Å². The van der Waals surface area contributed by atoms with E-state index in [1.54, 1.807) is 0 Å². The lowest BCUT2D eigenvalue weighted by Gasteiger charge is -2.18. The molecule has 1 amide bonds. The first-order chi connectivity index (χ1) is 8.37. The van der Waals surface area contributed by atoms with E-state index in [2.05, 4.69) is 19.2 Å². The van der Waals surface area contributed by atoms with Gasteiger partial charge < -0.3 is 11.1 Å². The molecule has 98 valence electrons. The smallest absolute Gasteiger partial charge is 0.251 e. The maximum atomic E-state index is 13.0. The lowest BCUT2D eigenvalue weighted by atomic mass is 9.92. The molecule has 0 aliphatic heterocycles. The quantitative estimate of drug-likeness (QED) is 0.793. The summed E-state index contributed by atoms with van der Waals surface area (Å²) in [7, 11) is 0. The number of nitrogens with one attached hydrogen (secondary N) is 1. The summed E-state index contributed by atoms with van der Waals surface area (Å²) in [6.07, 6.45) is 3.09. The SMILES string of the molecule is CC1(C)CCC(NC(=O)c2ccc(F)c(N)c2)C1. The molecule has 1 aromatic carbocycles. The molecule has 4 heteroatoms. The van der Waals surface area contributed by atoms with Crippen LogP contribution in [0.4, 0.5) is 10.1 Å². The number of rotatable bonds is 2. The average Bonchev–Trinajstić information content (AvgIpc) is 2.62. The van der Waals surface area contributed by atoms with Crippen LogP contribution in [0.2, 0.25) is 0 Å². The summed E-state index contributed by atoms with van der Waals surface area (Å²) in [5, 5.41) is 2.98. The zero-order valence-corrected chi connectivity index (χ0v) is 10.8. The molecule has 2 rings (SSSR count). The minimum absolute atomic E-state index is 0.00871. The largest absolute Gasteiger partial charge is 0.396 e. The fourth-order valence-electron chi connectivity index (χ4n) is 2.51. The second-order valence-corrected chi connectivity index (χ2v) is 5.81. The normalized spacial score (nSPS) is 21.8. The Hall–Kier alpha value is -1.58. The molecule has 0 aromatic heterocycles. The van der Waals surface area contributed by atoms with Gasteiger partial charge in [-0.1, -0.05) is 13.8 Å². The average molecular weight is 250 g/mol. The van der Waals surface area contributed by atoms with Crippen LogP contribution in [0, 0.1) is 11.2 Å². The number of carbonyl (C=O) groups is 1. The minimum Gasteiger partial charge on any atom is -0.396 e. The van der Waals surface area contributed by atoms with E-state index in [1.807, 2.05) is 0 Å². The highest BCUT2D eigenvalue weighted by Gasteiger charge is 2.31. The van der Waals surface area contributed by atoms with Gasteiger partial charge in [-0.05, 0) is 42.9 Å². The maximum absolute atomic E-state index is 13.0. The van der Waals surface area contributed by atoms with Crippen LogP contribution in [-0.4, -0.2) is 11.9 Å². The van der Waals surface area contributed by atoms with Crippen molar-refractivity contribution >= 4 is 11.6 Å². The van der Waals surface area contributed by atoms with Gasteiger partial charge in [0, 0.05) is 11.6 Å². The second kappa shape index (κ2) is 4.59. The number of halogens is 1. The Morgan fingerprint density at radius 1 is 1.50 bits per heavy atom. The highest BCUT2D eigenvalue weighted by molar-refractivity contribution is 5.95. The van der Waals surface area contributed by atoms with Crippen LogP contribution in [0.25, 0.3) is 0 Å². The number of hydrogen-bond donors (Lipinski definition) is 2. The first kappa shape index (κ1) is 12.9. The van der Waals surface area contributed by atoms with Crippen molar-refractivity contribution in [3.05, 3.63) is 29.6 Å². The van der Waals surface area contributed by atoms with Crippen LogP contribution in [-0.2, 0) is 0 Å². The predicted molar refractivity (Wildman–Crippen MR) is 69.7 cm³/mol. The topological polar surface area (TPSA) is 55.1 Å². The first-order valence-corrected chi connectivity index (χ1v) is 6.23. The highest BCUT2D eigenvalue weighted by Crippen LogP contribution is 2.36. The third-order valence-corrected chi connectivity index (χ3v) is 3.56. The van der Waals surface area contributed by atoms with Crippen molar-refractivity contribution in [2.45, 2.75) is 39.2 Å². The number of benzene rings is 1. The minimum atomic E-state index is -0.492. The molecule has 0 bridgehead atoms. The Morgan fingerprint density at radius 2 is 2.22 bits per heavy atom. The molecule has 18 heavy (non-hydrogen) atoms. The van der Waals surface area contributed by atoms with Gasteiger partial charge in [-0.25, -0.2) is 4.39 Å². The lowest BCUT2D eigenvalue weighted by molar-refractivity contribution is 0.0936. The standard InChI is InChI=1S/C14H19FN2O/c1-14(2)6-5-10(8-14)17-13(18)9-3-4-11(15)12(16)7-9/h3-4,7,10H,5-6,8,16H2,1-2H3,(H,17,18). The fraction of sp³-hybridized carbons (Fsp3) is 0.500. The molecule has 0 saturated heterocycles. The molecule has 1 fully saturated rings. The number of amides is 1. The number of carbonyl (C=O) groups excluding carboxylic acids is 1. The van der Waals surface area contributed by atoms with Crippen molar-refractivity contribution < 1.29 is 9.18 Å². The monoisotopic (exact) mass is 250 g/mol. The summed E-state index contributed by atoms with van der Waals surface area (Å²) in [6.45, 7) is 4.41. The van der Waals surface area contributed by atoms with Crippen LogP contribution < -0.4 is 11.1 Å². The number of hydrogen-bond acceptors (Lipinski definition) is 2. The van der Waals surface area contributed by atoms with Crippen LogP contribution in [0.15, 0.2) is 18.2 Å². The summed E-state index contributed by atoms with van der Waals surface area (Å²) < 4.78 is 13.0. The summed E-state index contributed by atoms with van der Waals surface area (Å²) in [5.41, 5.74) is 6.17. The molecule has 0 radical (unpaired) electrons. The Labute approximate surface area is 107 Å². The number of anilines is 1. The van der Waals surface area contributed by atoms with Gasteiger partial charge in [-0.15, -0.1) is 0 Å². The third-order valence-electron chi connectivity index (χ3n) is 3.56. The summed E-state index contributed by atoms with van der Waals surface area (Å²) in [4.78, 5) is 12.0. The Kier molecular flexibility index (Phi) is 3.28. The fourth-order valence-corrected chi connectivity index (χ4v) is 2.51. The van der Waals surface area contributed by atoms with Crippen LogP contribution in [0.1, 0.15) is 43.5 Å². The second-order valence-electron chi connectivity index (χ2n) is 5.81. The highest BCUT2D eigenvalue weighted by atomic mass is 19.1. The molecule has 1 unspecified atom stereocenters. The summed E-state index contributed by atoms with van der Waals surface area (Å²) in [5.74, 6) is -0.669. The van der Waals surface area contributed by atoms with Crippen LogP contribution >= 0.6 is 0 Å². The van der Waals surface area contributed by atoms with E-state index in [0.717, 1.165) is 19.3 Å². The molecule has 0 spiro atoms. The molecule has 1 saturated carbocycles. The van der Waals surface area contributed by atoms with Crippen LogP contribution in [0.3, 0.4) is 0 Å². The molecule has 1 atom stereocenters. The molecule has 1 aliphatic rings. The first-order valence-electron chi connectivity index (χ1n) is 6.23. The van der Waals surface area contributed by atoms with Crippen molar-refractivity contribution in [2.24, 2.45) is 5.41 Å². The summed E-state index contributed by atoms with van der Waals surface area (Å²) in [6, 6.07) is 4.27. The van der Waals surface area contributed by atoms with Crippen molar-refractivity contribution in [1.29, 1.82) is 0 Å². The van der Waals surface area contributed by atoms with Gasteiger partial charge in [-0.3, -0.25) is 4.79 Å². The van der Waals surface area contributed by atoms with Gasteiger partial charge in [0.25, 0.3) is 5.91 Å². The van der Waals surface area contributed by atoms with E-state index in [9.17, 15) is 9.18 Å². The van der Waals surface area contributed by atoms with E-state index in [0.29, 0.717) is 11.0 Å². The zero-order valence-electron chi connectivity index (χ0n) is 10.8. The van der Waals surface area contributed by atoms with E-state index in [4.69, 9.17) is 5.73 Å². The number of nitrogen functional groups attached to an aromatic ring is 1. The van der Waals surface area contributed by atoms with Gasteiger partial charge in [0.05, 0.1) is 5.69 Å². The van der Waals surface area contributed by atoms with Gasteiger partial charge in [0.2, 0.25) is 0 Å². The lowest BCUT2D eigenvalue weighted by Crippen LogP contribution is -2.33. The molecule has 1 aliphatic carbocycles. The van der Waals surface area contributed by atoms with E-state index < -0.39 is 5.82 Å². The van der Waals surface area contributed by atoms with Crippen molar-refractivity contribution in [1.82, 2.24) is 5.32 Å². The van der Waals surface area contributed by atoms with E-state index >= 15 is 0 Å². The summed E-state index contributed by atoms with van der Waals surface area (Å²) >= 11 is 0. The van der Waals surface area contributed by atoms with Gasteiger partial charge >= 0.3 is 0 Å². The Bertz CT molecular complexity index is 471. The van der Waals surface area contributed by atoms with Crippen molar-refractivity contribution in [3.8, 4) is 0 Å². The Balaban J connectivity index is 2.02. The molecule has 0 heterocycles. The molecule has 3 nitrogen and oxygen atoms in total. The van der Waals surface area contributed by atoms with Gasteiger partial charge in [0.15, 0.2) is 0 Å². The van der Waals surface area contributed by atoms with Crippen LogP contribution in [0.5, 0.6) is 0 Å². The number of nitrogens with two attached hydrogens (primary N) is 1. The maximum Gasteiger partial charge on any atom is 0.251 e. The molecule has 3 N–H and O–H groups in total. The zero-order chi connectivity index (χ0) is 13.3. The predicted octanol–water partition coefficient (Wildman–Crippen LogP) is 2.72. The Morgan fingerprint density at radius 3 is 2.78 bits per heavy atom. The molecular weight excluding hydrogens is 231 g/mol. The molecule has 1 aromatic rings. The third kappa shape index (κ3) is 2.81. The molecular formula is C14H19FN2O. The van der Waals surface area contributed by atoms with Crippen molar-refractivity contribution in [2.75, 3.05) is 5.73 Å². The van der Waals surface area contributed by atoms with Crippen molar-refractivity contribution in [3.63, 3.8) is 0 Å². The van der Waals surface area contributed by atoms with Gasteiger partial charge in [0.1, 0.15) is 5.82 Å². The van der Waals surface area contributed by atoms with E-state index in [-0.39, 0.29) is 17.6 Å².